The summed E-state index contributed by atoms with van der Waals surface area (Å²) < 4.78 is 26.2. The van der Waals surface area contributed by atoms with E-state index in [0.717, 1.165) is 12.1 Å². The molecule has 0 aliphatic heterocycles. The molecule has 0 saturated carbocycles. The first-order valence-electron chi connectivity index (χ1n) is 8.43. The van der Waals surface area contributed by atoms with Gasteiger partial charge in [0.1, 0.15) is 0 Å². The van der Waals surface area contributed by atoms with E-state index in [1.54, 1.807) is 4.90 Å². The van der Waals surface area contributed by atoms with Crippen LogP contribution in [0.15, 0.2) is 24.3 Å². The molecule has 1 aromatic carbocycles. The van der Waals surface area contributed by atoms with Crippen molar-refractivity contribution in [2.75, 3.05) is 23.7 Å². The van der Waals surface area contributed by atoms with E-state index >= 15 is 0 Å². The summed E-state index contributed by atoms with van der Waals surface area (Å²) in [5.41, 5.74) is 2.02. The van der Waals surface area contributed by atoms with E-state index in [0.29, 0.717) is 13.0 Å². The van der Waals surface area contributed by atoms with Gasteiger partial charge in [0.05, 0.1) is 5.75 Å². The standard InChI is InChI=1S/C18H30N2O3S/c1-6-7-14-24(22,23)19-12-13-20(15(2)21)17-10-8-16(9-11-17)18(3,4)5/h8-11,19H,6-7,12-14H2,1-5H3. The molecule has 0 radical (unpaired) electrons. The van der Waals surface area contributed by atoms with Crippen molar-refractivity contribution in [2.24, 2.45) is 0 Å². The number of unbranched alkanes of at least 4 members (excludes halogenated alkanes) is 1. The van der Waals surface area contributed by atoms with Gasteiger partial charge in [-0.05, 0) is 29.5 Å². The molecule has 5 nitrogen and oxygen atoms in total. The predicted octanol–water partition coefficient (Wildman–Crippen LogP) is 3.06. The van der Waals surface area contributed by atoms with Crippen molar-refractivity contribution in [1.29, 1.82) is 0 Å². The second-order valence-corrected chi connectivity index (χ2v) is 8.96. The van der Waals surface area contributed by atoms with Crippen molar-refractivity contribution >= 4 is 21.6 Å². The molecule has 136 valence electrons. The summed E-state index contributed by atoms with van der Waals surface area (Å²) in [5, 5.41) is 0. The summed E-state index contributed by atoms with van der Waals surface area (Å²) in [5.74, 6) is 0.0235. The number of anilines is 1. The van der Waals surface area contributed by atoms with Gasteiger partial charge in [0.2, 0.25) is 15.9 Å². The van der Waals surface area contributed by atoms with Gasteiger partial charge in [-0.25, -0.2) is 13.1 Å². The molecule has 0 atom stereocenters. The number of hydrogen-bond donors (Lipinski definition) is 1. The molecule has 0 heterocycles. The number of carbonyl (C=O) groups is 1. The normalized spacial score (nSPS) is 12.2. The number of nitrogens with zero attached hydrogens (tertiary/aromatic N) is 1. The molecule has 0 bridgehead atoms. The lowest BCUT2D eigenvalue weighted by Crippen LogP contribution is -2.38. The van der Waals surface area contributed by atoms with Crippen LogP contribution in [0.5, 0.6) is 0 Å². The molecule has 0 aromatic heterocycles. The molecule has 0 spiro atoms. The van der Waals surface area contributed by atoms with Crippen LogP contribution in [0.3, 0.4) is 0 Å². The van der Waals surface area contributed by atoms with Crippen molar-refractivity contribution in [3.05, 3.63) is 29.8 Å². The Balaban J connectivity index is 2.73. The van der Waals surface area contributed by atoms with Crippen LogP contribution >= 0.6 is 0 Å². The third kappa shape index (κ3) is 6.61. The maximum Gasteiger partial charge on any atom is 0.223 e. The fraction of sp³-hybridized carbons (Fsp3) is 0.611. The highest BCUT2D eigenvalue weighted by atomic mass is 32.2. The Morgan fingerprint density at radius 2 is 1.75 bits per heavy atom. The molecule has 6 heteroatoms. The number of nitrogens with one attached hydrogen (secondary N) is 1. The SMILES string of the molecule is CCCCS(=O)(=O)NCCN(C(C)=O)c1ccc(C(C)(C)C)cc1. The summed E-state index contributed by atoms with van der Waals surface area (Å²) in [6, 6.07) is 7.84. The van der Waals surface area contributed by atoms with Gasteiger partial charge in [0.25, 0.3) is 0 Å². The van der Waals surface area contributed by atoms with Crippen LogP contribution < -0.4 is 9.62 Å². The van der Waals surface area contributed by atoms with E-state index in [1.807, 2.05) is 31.2 Å². The maximum atomic E-state index is 11.9. The smallest absolute Gasteiger partial charge is 0.223 e. The maximum absolute atomic E-state index is 11.9. The molecule has 0 fully saturated rings. The zero-order chi connectivity index (χ0) is 18.4. The van der Waals surface area contributed by atoms with Gasteiger partial charge in [-0.15, -0.1) is 0 Å². The number of amides is 1. The first kappa shape index (κ1) is 20.6. The van der Waals surface area contributed by atoms with E-state index < -0.39 is 10.0 Å². The van der Waals surface area contributed by atoms with Gasteiger partial charge in [-0.3, -0.25) is 4.79 Å². The van der Waals surface area contributed by atoms with Crippen LogP contribution in [0, 0.1) is 0 Å². The summed E-state index contributed by atoms with van der Waals surface area (Å²) in [6.45, 7) is 10.4. The van der Waals surface area contributed by atoms with Crippen LogP contribution in [-0.2, 0) is 20.2 Å². The minimum atomic E-state index is -3.26. The first-order chi connectivity index (χ1) is 11.1. The van der Waals surface area contributed by atoms with Gasteiger partial charge in [0.15, 0.2) is 0 Å². The molecule has 0 aliphatic carbocycles. The van der Waals surface area contributed by atoms with Gasteiger partial charge in [-0.2, -0.15) is 0 Å². The Morgan fingerprint density at radius 1 is 1.17 bits per heavy atom. The third-order valence-electron chi connectivity index (χ3n) is 3.85. The average Bonchev–Trinajstić information content (AvgIpc) is 2.48. The van der Waals surface area contributed by atoms with Crippen molar-refractivity contribution < 1.29 is 13.2 Å². The zero-order valence-electron chi connectivity index (χ0n) is 15.4. The summed E-state index contributed by atoms with van der Waals surface area (Å²) >= 11 is 0. The van der Waals surface area contributed by atoms with Crippen LogP contribution in [0.25, 0.3) is 0 Å². The predicted molar refractivity (Wildman–Crippen MR) is 99.9 cm³/mol. The van der Waals surface area contributed by atoms with E-state index in [2.05, 4.69) is 25.5 Å². The monoisotopic (exact) mass is 354 g/mol. The molecule has 1 rings (SSSR count). The Kier molecular flexibility index (Phi) is 7.42. The second kappa shape index (κ2) is 8.62. The zero-order valence-corrected chi connectivity index (χ0v) is 16.2. The van der Waals surface area contributed by atoms with Gasteiger partial charge >= 0.3 is 0 Å². The van der Waals surface area contributed by atoms with Gasteiger partial charge < -0.3 is 4.90 Å². The van der Waals surface area contributed by atoms with Gasteiger partial charge in [-0.1, -0.05) is 46.2 Å². The highest BCUT2D eigenvalue weighted by Crippen LogP contribution is 2.24. The molecule has 1 amide bonds. The molecule has 24 heavy (non-hydrogen) atoms. The number of carbonyl (C=O) groups excluding carboxylic acids is 1. The van der Waals surface area contributed by atoms with Crippen LogP contribution in [0.4, 0.5) is 5.69 Å². The number of hydrogen-bond acceptors (Lipinski definition) is 3. The number of rotatable bonds is 8. The third-order valence-corrected chi connectivity index (χ3v) is 5.32. The largest absolute Gasteiger partial charge is 0.311 e. The molecule has 1 N–H and O–H groups in total. The van der Waals surface area contributed by atoms with Crippen molar-refractivity contribution in [1.82, 2.24) is 4.72 Å². The van der Waals surface area contributed by atoms with E-state index in [9.17, 15) is 13.2 Å². The Bertz CT molecular complexity index is 631. The molecular weight excluding hydrogens is 324 g/mol. The molecule has 0 aliphatic rings. The highest BCUT2D eigenvalue weighted by molar-refractivity contribution is 7.89. The quantitative estimate of drug-likeness (QED) is 0.780. The number of sulfonamides is 1. The molecule has 0 unspecified atom stereocenters. The molecular formula is C18H30N2O3S. The Labute approximate surface area is 146 Å². The highest BCUT2D eigenvalue weighted by Gasteiger charge is 2.16. The minimum absolute atomic E-state index is 0.0501. The van der Waals surface area contributed by atoms with Crippen LogP contribution in [0.2, 0.25) is 0 Å². The lowest BCUT2D eigenvalue weighted by Gasteiger charge is -2.24. The van der Waals surface area contributed by atoms with E-state index in [1.165, 1.54) is 12.5 Å². The molecule has 0 saturated heterocycles. The van der Waals surface area contributed by atoms with Crippen molar-refractivity contribution in [3.63, 3.8) is 0 Å². The van der Waals surface area contributed by atoms with E-state index in [4.69, 9.17) is 0 Å². The second-order valence-electron chi connectivity index (χ2n) is 7.03. The summed E-state index contributed by atoms with van der Waals surface area (Å²) in [6.07, 6.45) is 1.47. The summed E-state index contributed by atoms with van der Waals surface area (Å²) in [7, 11) is -3.26. The van der Waals surface area contributed by atoms with Gasteiger partial charge in [0, 0.05) is 25.7 Å². The minimum Gasteiger partial charge on any atom is -0.311 e. The number of benzene rings is 1. The molecule has 1 aromatic rings. The topological polar surface area (TPSA) is 66.5 Å². The average molecular weight is 355 g/mol. The Hall–Kier alpha value is -1.40. The van der Waals surface area contributed by atoms with Crippen molar-refractivity contribution in [2.45, 2.75) is 52.9 Å². The fourth-order valence-electron chi connectivity index (χ4n) is 2.33. The lowest BCUT2D eigenvalue weighted by molar-refractivity contribution is -0.116. The lowest BCUT2D eigenvalue weighted by atomic mass is 9.87. The van der Waals surface area contributed by atoms with Crippen LogP contribution in [-0.4, -0.2) is 33.2 Å². The van der Waals surface area contributed by atoms with E-state index in [-0.39, 0.29) is 23.6 Å². The Morgan fingerprint density at radius 3 is 2.21 bits per heavy atom. The first-order valence-corrected chi connectivity index (χ1v) is 10.1. The van der Waals surface area contributed by atoms with Crippen molar-refractivity contribution in [3.8, 4) is 0 Å². The fourth-order valence-corrected chi connectivity index (χ4v) is 3.54. The summed E-state index contributed by atoms with van der Waals surface area (Å²) in [4.78, 5) is 13.5. The van der Waals surface area contributed by atoms with Crippen LogP contribution in [0.1, 0.15) is 53.0 Å².